The van der Waals surface area contributed by atoms with Crippen LogP contribution in [0.4, 0.5) is 26.3 Å². The van der Waals surface area contributed by atoms with E-state index < -0.39 is 46.6 Å². The molecule has 5 rings (SSSR count). The Hall–Kier alpha value is -5.13. The number of alkyl halides is 6. The summed E-state index contributed by atoms with van der Waals surface area (Å²) in [6, 6.07) is 21.1. The van der Waals surface area contributed by atoms with E-state index in [1.54, 1.807) is 78.9 Å². The van der Waals surface area contributed by atoms with Crippen LogP contribution in [0.2, 0.25) is 0 Å². The second kappa shape index (κ2) is 12.7. The third-order valence-corrected chi connectivity index (χ3v) is 7.34. The molecule has 0 aliphatic heterocycles. The number of carbonyl (C=O) groups excluding carboxylic acids is 1. The standard InChI is InChI=1S/C34H27F6N3O3/c1-3-46-27-15-13-26(14-16-27)43-30(41-29-12-8-7-11-28(29)32(43)45)21(2)42(20-22-9-5-4-6-10-22)31(44)23-17-24(33(35,36)37)19-25(18-23)34(38,39)40/h4-19,21H,3,20H2,1-2H3. The predicted octanol–water partition coefficient (Wildman–Crippen LogP) is 8.23. The third-order valence-electron chi connectivity index (χ3n) is 7.34. The molecule has 0 saturated heterocycles. The molecule has 1 atom stereocenters. The van der Waals surface area contributed by atoms with E-state index in [1.807, 2.05) is 6.92 Å². The van der Waals surface area contributed by atoms with E-state index in [4.69, 9.17) is 9.72 Å². The van der Waals surface area contributed by atoms with Crippen LogP contribution in [0.15, 0.2) is 102 Å². The van der Waals surface area contributed by atoms with Crippen LogP contribution in [-0.2, 0) is 18.9 Å². The van der Waals surface area contributed by atoms with Crippen LogP contribution in [0, 0.1) is 0 Å². The molecule has 0 radical (unpaired) electrons. The van der Waals surface area contributed by atoms with E-state index in [2.05, 4.69) is 0 Å². The Labute approximate surface area is 259 Å². The zero-order valence-electron chi connectivity index (χ0n) is 24.6. The van der Waals surface area contributed by atoms with Crippen LogP contribution >= 0.6 is 0 Å². The number of nitrogens with zero attached hydrogens (tertiary/aromatic N) is 3. The molecule has 0 aliphatic rings. The van der Waals surface area contributed by atoms with Gasteiger partial charge in [-0.3, -0.25) is 14.2 Å². The maximum atomic E-state index is 14.1. The SMILES string of the molecule is CCOc1ccc(-n2c(C(C)N(Cc3ccccc3)C(=O)c3cc(C(F)(F)F)cc(C(F)(F)F)c3)nc3ccccc3c2=O)cc1. The quantitative estimate of drug-likeness (QED) is 0.161. The topological polar surface area (TPSA) is 64.4 Å². The summed E-state index contributed by atoms with van der Waals surface area (Å²) in [6.07, 6.45) is -10.3. The highest BCUT2D eigenvalue weighted by Crippen LogP contribution is 2.37. The zero-order valence-corrected chi connectivity index (χ0v) is 24.6. The van der Waals surface area contributed by atoms with E-state index in [1.165, 1.54) is 11.5 Å². The fourth-order valence-corrected chi connectivity index (χ4v) is 5.09. The van der Waals surface area contributed by atoms with Crippen molar-refractivity contribution in [1.82, 2.24) is 14.5 Å². The largest absolute Gasteiger partial charge is 0.494 e. The summed E-state index contributed by atoms with van der Waals surface area (Å²) in [5.41, 5.74) is -3.34. The normalized spacial score (nSPS) is 12.6. The van der Waals surface area contributed by atoms with Crippen LogP contribution in [0.3, 0.4) is 0 Å². The van der Waals surface area contributed by atoms with E-state index >= 15 is 0 Å². The molecule has 6 nitrogen and oxygen atoms in total. The van der Waals surface area contributed by atoms with Crippen molar-refractivity contribution in [2.45, 2.75) is 38.8 Å². The van der Waals surface area contributed by atoms with Crippen LogP contribution in [-0.4, -0.2) is 27.0 Å². The molecule has 1 amide bonds. The average Bonchev–Trinajstić information content (AvgIpc) is 3.03. The van der Waals surface area contributed by atoms with Gasteiger partial charge >= 0.3 is 12.4 Å². The molecule has 0 fully saturated rings. The van der Waals surface area contributed by atoms with Gasteiger partial charge in [-0.05, 0) is 74.0 Å². The fraction of sp³-hybridized carbons (Fsp3) is 0.206. The first-order chi connectivity index (χ1) is 21.8. The van der Waals surface area contributed by atoms with Crippen LogP contribution in [0.25, 0.3) is 16.6 Å². The van der Waals surface area contributed by atoms with Crippen molar-refractivity contribution in [3.05, 3.63) is 135 Å². The van der Waals surface area contributed by atoms with Gasteiger partial charge in [-0.15, -0.1) is 0 Å². The van der Waals surface area contributed by atoms with Crippen molar-refractivity contribution in [2.24, 2.45) is 0 Å². The number of fused-ring (bicyclic) bond motifs is 1. The predicted molar refractivity (Wildman–Crippen MR) is 160 cm³/mol. The Morgan fingerprint density at radius 2 is 1.43 bits per heavy atom. The second-order valence-corrected chi connectivity index (χ2v) is 10.4. The number of ether oxygens (including phenoxy) is 1. The number of para-hydroxylation sites is 1. The number of hydrogen-bond donors (Lipinski definition) is 0. The van der Waals surface area contributed by atoms with Crippen molar-refractivity contribution in [3.8, 4) is 11.4 Å². The van der Waals surface area contributed by atoms with Crippen LogP contribution in [0.1, 0.15) is 52.8 Å². The summed E-state index contributed by atoms with van der Waals surface area (Å²) in [7, 11) is 0. The number of amides is 1. The van der Waals surface area contributed by atoms with Gasteiger partial charge in [0.05, 0.1) is 40.4 Å². The highest BCUT2D eigenvalue weighted by molar-refractivity contribution is 5.95. The van der Waals surface area contributed by atoms with E-state index in [0.29, 0.717) is 41.3 Å². The van der Waals surface area contributed by atoms with Gasteiger partial charge in [0.25, 0.3) is 11.5 Å². The Bertz CT molecular complexity index is 1890. The van der Waals surface area contributed by atoms with Crippen molar-refractivity contribution in [3.63, 3.8) is 0 Å². The van der Waals surface area contributed by atoms with Crippen molar-refractivity contribution in [1.29, 1.82) is 0 Å². The van der Waals surface area contributed by atoms with Crippen molar-refractivity contribution >= 4 is 16.8 Å². The summed E-state index contributed by atoms with van der Waals surface area (Å²) in [6.45, 7) is 3.51. The molecule has 1 unspecified atom stereocenters. The minimum absolute atomic E-state index is 0.0315. The highest BCUT2D eigenvalue weighted by Gasteiger charge is 2.38. The summed E-state index contributed by atoms with van der Waals surface area (Å²) < 4.78 is 89.2. The Kier molecular flexibility index (Phi) is 8.91. The van der Waals surface area contributed by atoms with Gasteiger partial charge in [-0.2, -0.15) is 26.3 Å². The fourth-order valence-electron chi connectivity index (χ4n) is 5.09. The number of hydrogen-bond acceptors (Lipinski definition) is 4. The molecule has 0 N–H and O–H groups in total. The minimum Gasteiger partial charge on any atom is -0.494 e. The first-order valence-electron chi connectivity index (χ1n) is 14.2. The number of rotatable bonds is 8. The molecule has 0 spiro atoms. The van der Waals surface area contributed by atoms with Gasteiger partial charge in [0, 0.05) is 12.1 Å². The Morgan fingerprint density at radius 1 is 0.848 bits per heavy atom. The van der Waals surface area contributed by atoms with Crippen LogP contribution < -0.4 is 10.3 Å². The molecule has 0 saturated carbocycles. The van der Waals surface area contributed by atoms with Crippen molar-refractivity contribution < 1.29 is 35.9 Å². The summed E-state index contributed by atoms with van der Waals surface area (Å²) in [5.74, 6) is -0.540. The Balaban J connectivity index is 1.72. The molecular formula is C34H27F6N3O3. The van der Waals surface area contributed by atoms with E-state index in [9.17, 15) is 35.9 Å². The van der Waals surface area contributed by atoms with Gasteiger partial charge in [0.2, 0.25) is 0 Å². The smallest absolute Gasteiger partial charge is 0.416 e. The lowest BCUT2D eigenvalue weighted by molar-refractivity contribution is -0.143. The number of halogens is 6. The lowest BCUT2D eigenvalue weighted by Crippen LogP contribution is -2.37. The molecule has 1 heterocycles. The van der Waals surface area contributed by atoms with Gasteiger partial charge < -0.3 is 9.64 Å². The Morgan fingerprint density at radius 3 is 2.02 bits per heavy atom. The maximum absolute atomic E-state index is 14.1. The van der Waals surface area contributed by atoms with Gasteiger partial charge in [0.15, 0.2) is 0 Å². The van der Waals surface area contributed by atoms with Crippen molar-refractivity contribution in [2.75, 3.05) is 6.61 Å². The molecule has 0 bridgehead atoms. The highest BCUT2D eigenvalue weighted by atomic mass is 19.4. The minimum atomic E-state index is -5.15. The second-order valence-electron chi connectivity index (χ2n) is 10.4. The monoisotopic (exact) mass is 639 g/mol. The lowest BCUT2D eigenvalue weighted by Gasteiger charge is -2.31. The van der Waals surface area contributed by atoms with Crippen LogP contribution in [0.5, 0.6) is 5.75 Å². The lowest BCUT2D eigenvalue weighted by atomic mass is 10.0. The summed E-state index contributed by atoms with van der Waals surface area (Å²) in [5, 5.41) is 0.265. The molecule has 4 aromatic carbocycles. The first-order valence-corrected chi connectivity index (χ1v) is 14.2. The molecule has 5 aromatic rings. The first kappa shape index (κ1) is 32.3. The van der Waals surface area contributed by atoms with E-state index in [0.717, 1.165) is 4.90 Å². The number of carbonyl (C=O) groups is 1. The third kappa shape index (κ3) is 6.75. The maximum Gasteiger partial charge on any atom is 0.416 e. The van der Waals surface area contributed by atoms with Gasteiger partial charge in [-0.25, -0.2) is 4.98 Å². The number of aromatic nitrogens is 2. The molecule has 1 aromatic heterocycles. The summed E-state index contributed by atoms with van der Waals surface area (Å²) in [4.78, 5) is 33.8. The summed E-state index contributed by atoms with van der Waals surface area (Å²) >= 11 is 0. The van der Waals surface area contributed by atoms with Gasteiger partial charge in [0.1, 0.15) is 11.6 Å². The molecule has 0 aliphatic carbocycles. The molecule has 238 valence electrons. The van der Waals surface area contributed by atoms with E-state index in [-0.39, 0.29) is 23.8 Å². The molecule has 46 heavy (non-hydrogen) atoms. The molecular weight excluding hydrogens is 612 g/mol. The number of benzene rings is 4. The zero-order chi connectivity index (χ0) is 33.2. The average molecular weight is 640 g/mol. The molecule has 12 heteroatoms. The van der Waals surface area contributed by atoms with Gasteiger partial charge in [-0.1, -0.05) is 42.5 Å².